The van der Waals surface area contributed by atoms with Crippen molar-refractivity contribution in [2.45, 2.75) is 53.4 Å². The molecule has 0 aliphatic carbocycles. The minimum absolute atomic E-state index is 0. The molecule has 0 spiro atoms. The van der Waals surface area contributed by atoms with Crippen LogP contribution in [0, 0.1) is 0 Å². The van der Waals surface area contributed by atoms with Gasteiger partial charge in [-0.3, -0.25) is 0 Å². The number of hydrogen-bond donors (Lipinski definition) is 4. The maximum atomic E-state index is 10.7. The van der Waals surface area contributed by atoms with Gasteiger partial charge in [0.15, 0.2) is 0 Å². The van der Waals surface area contributed by atoms with E-state index in [9.17, 15) is 19.2 Å². The molecule has 4 amide bonds. The first kappa shape index (κ1) is 31.9. The van der Waals surface area contributed by atoms with E-state index in [1.807, 2.05) is 0 Å². The third-order valence-electron chi connectivity index (χ3n) is 2.09. The molecule has 0 radical (unpaired) electrons. The number of amides is 4. The van der Waals surface area contributed by atoms with Gasteiger partial charge in [-0.25, -0.2) is 0 Å². The summed E-state index contributed by atoms with van der Waals surface area (Å²) in [5.41, 5.74) is 0. The Labute approximate surface area is 179 Å². The van der Waals surface area contributed by atoms with Crippen molar-refractivity contribution in [2.24, 2.45) is 0 Å². The first-order chi connectivity index (χ1) is 10.4. The van der Waals surface area contributed by atoms with Crippen molar-refractivity contribution in [3.05, 3.63) is 0 Å². The second-order valence-corrected chi connectivity index (χ2v) is 9.25. The molecule has 0 unspecified atom stereocenters. The van der Waals surface area contributed by atoms with E-state index in [1.54, 1.807) is 27.7 Å². The van der Waals surface area contributed by atoms with E-state index in [-0.39, 0.29) is 48.4 Å². The summed E-state index contributed by atoms with van der Waals surface area (Å²) in [5, 5.41) is 0. The van der Waals surface area contributed by atoms with E-state index in [1.165, 1.54) is 0 Å². The minimum Gasteiger partial charge on any atom is -1.00 e. The van der Waals surface area contributed by atoms with E-state index in [0.717, 1.165) is 0 Å². The molecule has 0 aromatic heterocycles. The van der Waals surface area contributed by atoms with Crippen LogP contribution in [0.4, 0.5) is 0 Å². The van der Waals surface area contributed by atoms with Crippen molar-refractivity contribution in [2.75, 3.05) is 0 Å². The van der Waals surface area contributed by atoms with Crippen LogP contribution in [0.2, 0.25) is 0 Å². The summed E-state index contributed by atoms with van der Waals surface area (Å²) in [6.45, 7) is 7.17. The van der Waals surface area contributed by atoms with Crippen LogP contribution in [0.15, 0.2) is 0 Å². The van der Waals surface area contributed by atoms with Crippen LogP contribution in [0.3, 0.4) is 0 Å². The van der Waals surface area contributed by atoms with Gasteiger partial charge in [0.05, 0.1) is 0 Å². The molecule has 12 heteroatoms. The fraction of sp³-hybridized carbons (Fsp3) is 0.667. The molecule has 0 saturated carbocycles. The summed E-state index contributed by atoms with van der Waals surface area (Å²) >= 11 is -2.72. The summed E-state index contributed by atoms with van der Waals surface area (Å²) in [6.07, 6.45) is 1.98. The molecule has 4 N–H and O–H groups in total. The molecule has 138 valence electrons. The van der Waals surface area contributed by atoms with Gasteiger partial charge < -0.3 is 24.8 Å². The standard InChI is InChI=1S/4C3H7NO.2ClH.2Hf/c4*1-2-3(4)5;;;;/h4*2H2,1H3,(H2,4,5);2*1H;;/q;;;;;;2*+3/p-6. The van der Waals surface area contributed by atoms with Crippen LogP contribution in [-0.4, -0.2) is 23.6 Å². The topological polar surface area (TPSA) is 116 Å². The van der Waals surface area contributed by atoms with E-state index in [2.05, 4.69) is 13.2 Å². The Morgan fingerprint density at radius 3 is 0.833 bits per heavy atom. The number of carbonyl (C=O) groups is 4. The van der Waals surface area contributed by atoms with Gasteiger partial charge in [-0.15, -0.1) is 0 Å². The Balaban J connectivity index is -0.000000154. The van der Waals surface area contributed by atoms with Crippen molar-refractivity contribution >= 4 is 23.6 Å². The van der Waals surface area contributed by atoms with Gasteiger partial charge in [0.25, 0.3) is 0 Å². The first-order valence-electron chi connectivity index (χ1n) is 7.06. The van der Waals surface area contributed by atoms with E-state index in [0.29, 0.717) is 25.7 Å². The van der Waals surface area contributed by atoms with Gasteiger partial charge in [-0.05, 0) is 0 Å². The summed E-state index contributed by atoms with van der Waals surface area (Å²) < 4.78 is 10.9. The Kier molecular flexibility index (Phi) is 30.9. The van der Waals surface area contributed by atoms with Crippen LogP contribution in [-0.2, 0) is 66.1 Å². The molecule has 0 heterocycles. The second kappa shape index (κ2) is 23.2. The molecule has 0 fully saturated rings. The van der Waals surface area contributed by atoms with Crippen molar-refractivity contribution in [1.82, 2.24) is 13.2 Å². The summed E-state index contributed by atoms with van der Waals surface area (Å²) in [4.78, 5) is 42.7. The number of rotatable bonds is 8. The van der Waals surface area contributed by atoms with Gasteiger partial charge in [0.1, 0.15) is 0 Å². The largest absolute Gasteiger partial charge is 1.00 e. The molecule has 0 aliphatic heterocycles. The summed E-state index contributed by atoms with van der Waals surface area (Å²) in [6, 6.07) is 0. The van der Waals surface area contributed by atoms with Gasteiger partial charge in [-0.1, -0.05) is 0 Å². The number of halogens is 2. The zero-order valence-corrected chi connectivity index (χ0v) is 22.9. The van der Waals surface area contributed by atoms with Gasteiger partial charge in [0, 0.05) is 0 Å². The van der Waals surface area contributed by atoms with Crippen LogP contribution < -0.4 is 38.0 Å². The third kappa shape index (κ3) is 24.5. The normalized spacial score (nSPS) is 7.50. The molecule has 0 aromatic rings. The molecule has 0 atom stereocenters. The number of nitrogens with one attached hydrogen (secondary N) is 4. The molecular weight excluding hydrogens is 692 g/mol. The quantitative estimate of drug-likeness (QED) is 0.188. The molecule has 0 aliphatic rings. The SMILES string of the molecule is CCC(=O)[NH][Hf+][NH]C(=O)CC.CCC(=O)[NH][Hf+][NH]C(=O)CC.[Cl-].[Cl-]. The van der Waals surface area contributed by atoms with Gasteiger partial charge >= 0.3 is 156 Å². The van der Waals surface area contributed by atoms with Crippen molar-refractivity contribution < 1.29 is 91.0 Å². The minimum atomic E-state index is -1.36. The molecule has 0 rings (SSSR count). The summed E-state index contributed by atoms with van der Waals surface area (Å²) in [7, 11) is 0. The summed E-state index contributed by atoms with van der Waals surface area (Å²) in [5.74, 6) is 0.129. The fourth-order valence-electron chi connectivity index (χ4n) is 0.695. The van der Waals surface area contributed by atoms with Crippen molar-refractivity contribution in [3.63, 3.8) is 0 Å². The van der Waals surface area contributed by atoms with Crippen LogP contribution >= 0.6 is 0 Å². The first-order valence-corrected chi connectivity index (χ1v) is 14.2. The predicted molar refractivity (Wildman–Crippen MR) is 73.7 cm³/mol. The molecule has 0 saturated heterocycles. The fourth-order valence-corrected chi connectivity index (χ4v) is 5.69. The Morgan fingerprint density at radius 2 is 0.708 bits per heavy atom. The van der Waals surface area contributed by atoms with Crippen LogP contribution in [0.25, 0.3) is 0 Å². The van der Waals surface area contributed by atoms with Crippen molar-refractivity contribution in [3.8, 4) is 0 Å². The Hall–Kier alpha value is 0.200. The molecule has 24 heavy (non-hydrogen) atoms. The van der Waals surface area contributed by atoms with Gasteiger partial charge in [-0.2, -0.15) is 0 Å². The second-order valence-electron chi connectivity index (χ2n) is 3.86. The Morgan fingerprint density at radius 1 is 0.542 bits per heavy atom. The smallest absolute Gasteiger partial charge is 1.00 e. The monoisotopic (exact) mass is 718 g/mol. The van der Waals surface area contributed by atoms with E-state index >= 15 is 0 Å². The average molecular weight is 716 g/mol. The van der Waals surface area contributed by atoms with E-state index < -0.39 is 47.0 Å². The third-order valence-corrected chi connectivity index (χ3v) is 7.90. The maximum absolute atomic E-state index is 10.7. The Bertz CT molecular complexity index is 311. The van der Waals surface area contributed by atoms with Crippen LogP contribution in [0.5, 0.6) is 0 Å². The molecular formula is C12H24Cl2Hf2N4O4. The maximum Gasteiger partial charge on any atom is -1.00 e. The average Bonchev–Trinajstić information content (AvgIpc) is 2.54. The van der Waals surface area contributed by atoms with E-state index in [4.69, 9.17) is 0 Å². The predicted octanol–water partition coefficient (Wildman–Crippen LogP) is -6.09. The molecule has 0 aromatic carbocycles. The number of hydrogen-bond acceptors (Lipinski definition) is 4. The van der Waals surface area contributed by atoms with Crippen LogP contribution in [0.1, 0.15) is 53.4 Å². The molecule has 8 nitrogen and oxygen atoms in total. The number of carbonyl (C=O) groups excluding carboxylic acids is 4. The van der Waals surface area contributed by atoms with Crippen molar-refractivity contribution in [1.29, 1.82) is 0 Å². The zero-order chi connectivity index (χ0) is 17.4. The zero-order valence-electron chi connectivity index (χ0n) is 14.2. The molecule has 0 bridgehead atoms. The van der Waals surface area contributed by atoms with Gasteiger partial charge in [0.2, 0.25) is 0 Å².